The molecule has 0 fully saturated rings. The van der Waals surface area contributed by atoms with Gasteiger partial charge in [0.05, 0.1) is 3.79 Å². The predicted octanol–water partition coefficient (Wildman–Crippen LogP) is 4.67. The summed E-state index contributed by atoms with van der Waals surface area (Å²) in [5.74, 6) is 0. The highest BCUT2D eigenvalue weighted by molar-refractivity contribution is 9.13. The molecule has 1 N–H and O–H groups in total. The number of hydrogen-bond acceptors (Lipinski definition) is 2. The van der Waals surface area contributed by atoms with Gasteiger partial charge in [0.2, 0.25) is 0 Å². The number of likely N-dealkylation sites (N-methyl/N-ethyl adjacent to an activating group) is 1. The Morgan fingerprint density at radius 2 is 2.27 bits per heavy atom. The number of thiophene rings is 1. The van der Waals surface area contributed by atoms with Crippen LogP contribution < -0.4 is 5.32 Å². The summed E-state index contributed by atoms with van der Waals surface area (Å²) >= 11 is 8.74. The Bertz CT molecular complexity index is 338. The van der Waals surface area contributed by atoms with Gasteiger partial charge >= 0.3 is 0 Å². The maximum atomic E-state index is 3.50. The van der Waals surface area contributed by atoms with Gasteiger partial charge in [-0.2, -0.15) is 0 Å². The third-order valence-corrected chi connectivity index (χ3v) is 5.43. The maximum absolute atomic E-state index is 3.50. The molecule has 0 bridgehead atoms. The van der Waals surface area contributed by atoms with Crippen LogP contribution in [0.2, 0.25) is 0 Å². The van der Waals surface area contributed by atoms with E-state index in [2.05, 4.69) is 70.1 Å². The number of rotatable bonds is 4. The van der Waals surface area contributed by atoms with Crippen molar-refractivity contribution in [2.45, 2.75) is 26.8 Å². The van der Waals surface area contributed by atoms with Crippen LogP contribution in [0, 0.1) is 0 Å². The molecule has 4 heteroatoms. The van der Waals surface area contributed by atoms with Crippen LogP contribution in [0.5, 0.6) is 0 Å². The zero-order valence-electron chi connectivity index (χ0n) is 9.10. The summed E-state index contributed by atoms with van der Waals surface area (Å²) in [7, 11) is 0. The SMILES string of the molecule is CCNC(C)C(C)=Cc1cc(Br)c(Br)s1. The molecule has 0 aromatic carbocycles. The molecule has 84 valence electrons. The normalized spacial score (nSPS) is 14.3. The lowest BCUT2D eigenvalue weighted by Crippen LogP contribution is -2.26. The van der Waals surface area contributed by atoms with Crippen LogP contribution in [0.1, 0.15) is 25.6 Å². The van der Waals surface area contributed by atoms with Gasteiger partial charge in [0, 0.05) is 15.4 Å². The minimum absolute atomic E-state index is 0.439. The van der Waals surface area contributed by atoms with Crippen molar-refractivity contribution in [2.24, 2.45) is 0 Å². The maximum Gasteiger partial charge on any atom is 0.0846 e. The zero-order chi connectivity index (χ0) is 11.4. The molecular weight excluding hydrogens is 338 g/mol. The molecule has 0 amide bonds. The molecule has 0 aliphatic carbocycles. The van der Waals surface area contributed by atoms with E-state index in [4.69, 9.17) is 0 Å². The van der Waals surface area contributed by atoms with Gasteiger partial charge in [-0.05, 0) is 64.4 Å². The molecule has 1 aromatic rings. The third-order valence-electron chi connectivity index (χ3n) is 2.23. The van der Waals surface area contributed by atoms with Gasteiger partial charge < -0.3 is 5.32 Å². The van der Waals surface area contributed by atoms with Gasteiger partial charge in [0.25, 0.3) is 0 Å². The molecule has 0 aliphatic rings. The first-order valence-electron chi connectivity index (χ1n) is 4.91. The number of nitrogens with one attached hydrogen (secondary N) is 1. The van der Waals surface area contributed by atoms with Gasteiger partial charge in [-0.15, -0.1) is 11.3 Å². The smallest absolute Gasteiger partial charge is 0.0846 e. The molecule has 1 atom stereocenters. The lowest BCUT2D eigenvalue weighted by Gasteiger charge is -2.12. The van der Waals surface area contributed by atoms with E-state index in [1.165, 1.54) is 10.5 Å². The molecule has 15 heavy (non-hydrogen) atoms. The third kappa shape index (κ3) is 4.02. The fourth-order valence-electron chi connectivity index (χ4n) is 1.25. The van der Waals surface area contributed by atoms with Gasteiger partial charge in [-0.25, -0.2) is 0 Å². The van der Waals surface area contributed by atoms with E-state index in [1.807, 2.05) is 0 Å². The molecule has 0 saturated heterocycles. The van der Waals surface area contributed by atoms with Gasteiger partial charge in [0.15, 0.2) is 0 Å². The van der Waals surface area contributed by atoms with Gasteiger partial charge in [0.1, 0.15) is 0 Å². The first-order chi connectivity index (χ1) is 7.04. The van der Waals surface area contributed by atoms with E-state index in [1.54, 1.807) is 11.3 Å². The minimum atomic E-state index is 0.439. The van der Waals surface area contributed by atoms with Crippen LogP contribution >= 0.6 is 43.2 Å². The summed E-state index contributed by atoms with van der Waals surface area (Å²) in [4.78, 5) is 1.27. The standard InChI is InChI=1S/C11H15Br2NS/c1-4-14-8(3)7(2)5-9-6-10(12)11(13)15-9/h5-6,8,14H,4H2,1-3H3. The van der Waals surface area contributed by atoms with Gasteiger partial charge in [-0.3, -0.25) is 0 Å². The number of halogens is 2. The van der Waals surface area contributed by atoms with Crippen molar-refractivity contribution < 1.29 is 0 Å². The Hall–Kier alpha value is 0.360. The van der Waals surface area contributed by atoms with Crippen molar-refractivity contribution >= 4 is 49.3 Å². The van der Waals surface area contributed by atoms with Crippen LogP contribution in [-0.4, -0.2) is 12.6 Å². The summed E-state index contributed by atoms with van der Waals surface area (Å²) in [5, 5.41) is 3.40. The Morgan fingerprint density at radius 1 is 1.60 bits per heavy atom. The summed E-state index contributed by atoms with van der Waals surface area (Å²) in [5.41, 5.74) is 1.36. The monoisotopic (exact) mass is 351 g/mol. The molecule has 0 radical (unpaired) electrons. The second-order valence-electron chi connectivity index (χ2n) is 3.44. The van der Waals surface area contributed by atoms with Crippen molar-refractivity contribution in [2.75, 3.05) is 6.54 Å². The predicted molar refractivity (Wildman–Crippen MR) is 76.5 cm³/mol. The molecule has 1 aromatic heterocycles. The second-order valence-corrected chi connectivity index (χ2v) is 6.69. The average molecular weight is 353 g/mol. The van der Waals surface area contributed by atoms with Crippen molar-refractivity contribution in [1.29, 1.82) is 0 Å². The molecule has 1 heterocycles. The molecule has 1 nitrogen and oxygen atoms in total. The van der Waals surface area contributed by atoms with Crippen molar-refractivity contribution in [3.05, 3.63) is 24.8 Å². The van der Waals surface area contributed by atoms with Crippen molar-refractivity contribution in [3.8, 4) is 0 Å². The quantitative estimate of drug-likeness (QED) is 0.829. The van der Waals surface area contributed by atoms with Crippen LogP contribution in [0.3, 0.4) is 0 Å². The van der Waals surface area contributed by atoms with Crippen LogP contribution in [-0.2, 0) is 0 Å². The van der Waals surface area contributed by atoms with E-state index in [-0.39, 0.29) is 0 Å². The summed E-state index contributed by atoms with van der Waals surface area (Å²) in [6.45, 7) is 7.48. The minimum Gasteiger partial charge on any atom is -0.311 e. The lowest BCUT2D eigenvalue weighted by molar-refractivity contribution is 0.636. The molecular formula is C11H15Br2NS. The van der Waals surface area contributed by atoms with Crippen molar-refractivity contribution in [3.63, 3.8) is 0 Å². The summed E-state index contributed by atoms with van der Waals surface area (Å²) < 4.78 is 2.28. The molecule has 1 unspecified atom stereocenters. The second kappa shape index (κ2) is 6.18. The first kappa shape index (κ1) is 13.4. The van der Waals surface area contributed by atoms with E-state index < -0.39 is 0 Å². The van der Waals surface area contributed by atoms with E-state index in [9.17, 15) is 0 Å². The first-order valence-corrected chi connectivity index (χ1v) is 7.31. The fraction of sp³-hybridized carbons (Fsp3) is 0.455. The molecule has 0 spiro atoms. The topological polar surface area (TPSA) is 12.0 Å². The Kier molecular flexibility index (Phi) is 5.53. The largest absolute Gasteiger partial charge is 0.311 e. The molecule has 0 saturated carbocycles. The average Bonchev–Trinajstić information content (AvgIpc) is 2.46. The lowest BCUT2D eigenvalue weighted by atomic mass is 10.1. The fourth-order valence-corrected chi connectivity index (χ4v) is 3.35. The summed E-state index contributed by atoms with van der Waals surface area (Å²) in [6, 6.07) is 2.58. The number of hydrogen-bond donors (Lipinski definition) is 1. The highest BCUT2D eigenvalue weighted by Crippen LogP contribution is 2.33. The van der Waals surface area contributed by atoms with Crippen molar-refractivity contribution in [1.82, 2.24) is 5.32 Å². The summed E-state index contributed by atoms with van der Waals surface area (Å²) in [6.07, 6.45) is 2.23. The van der Waals surface area contributed by atoms with Gasteiger partial charge in [-0.1, -0.05) is 12.5 Å². The van der Waals surface area contributed by atoms with Crippen LogP contribution in [0.25, 0.3) is 6.08 Å². The van der Waals surface area contributed by atoms with E-state index >= 15 is 0 Å². The van der Waals surface area contributed by atoms with E-state index in [0.717, 1.165) is 14.8 Å². The Balaban J connectivity index is 2.77. The zero-order valence-corrected chi connectivity index (χ0v) is 13.1. The van der Waals surface area contributed by atoms with E-state index in [0.29, 0.717) is 6.04 Å². The highest BCUT2D eigenvalue weighted by atomic mass is 79.9. The molecule has 0 aliphatic heterocycles. The van der Waals surface area contributed by atoms with Crippen LogP contribution in [0.4, 0.5) is 0 Å². The highest BCUT2D eigenvalue weighted by Gasteiger charge is 2.05. The Labute approximate surface area is 112 Å². The Morgan fingerprint density at radius 3 is 2.73 bits per heavy atom. The van der Waals surface area contributed by atoms with Crippen LogP contribution in [0.15, 0.2) is 19.9 Å². The molecule has 1 rings (SSSR count).